The van der Waals surface area contributed by atoms with Gasteiger partial charge < -0.3 is 16.0 Å². The molecule has 5 heteroatoms. The van der Waals surface area contributed by atoms with Gasteiger partial charge in [0.05, 0.1) is 6.54 Å². The van der Waals surface area contributed by atoms with Crippen molar-refractivity contribution in [3.05, 3.63) is 35.4 Å². The molecule has 0 radical (unpaired) electrons. The molecule has 24 heavy (non-hydrogen) atoms. The van der Waals surface area contributed by atoms with E-state index in [0.717, 1.165) is 31.0 Å². The van der Waals surface area contributed by atoms with Gasteiger partial charge in [-0.05, 0) is 43.9 Å². The van der Waals surface area contributed by atoms with Crippen LogP contribution in [0, 0.1) is 5.92 Å². The molecule has 1 aromatic carbocycles. The summed E-state index contributed by atoms with van der Waals surface area (Å²) in [7, 11) is 0. The van der Waals surface area contributed by atoms with Gasteiger partial charge in [-0.15, -0.1) is 0 Å². The summed E-state index contributed by atoms with van der Waals surface area (Å²) in [4.78, 5) is 16.8. The van der Waals surface area contributed by atoms with Gasteiger partial charge in [0.15, 0.2) is 5.96 Å². The van der Waals surface area contributed by atoms with Crippen molar-refractivity contribution >= 4 is 11.9 Å². The molecule has 1 amide bonds. The van der Waals surface area contributed by atoms with E-state index >= 15 is 0 Å². The number of benzene rings is 1. The SMILES string of the molecule is CCNC(=NCc1cccc(C(=O)NC(C)CC)c1)NCC(C)C. The molecule has 0 aromatic heterocycles. The minimum Gasteiger partial charge on any atom is -0.357 e. The van der Waals surface area contributed by atoms with Crippen molar-refractivity contribution < 1.29 is 4.79 Å². The molecule has 0 spiro atoms. The summed E-state index contributed by atoms with van der Waals surface area (Å²) in [5.74, 6) is 1.34. The molecule has 3 N–H and O–H groups in total. The molecule has 0 saturated carbocycles. The van der Waals surface area contributed by atoms with Crippen LogP contribution >= 0.6 is 0 Å². The van der Waals surface area contributed by atoms with E-state index < -0.39 is 0 Å². The number of hydrogen-bond donors (Lipinski definition) is 3. The zero-order chi connectivity index (χ0) is 17.9. The van der Waals surface area contributed by atoms with E-state index in [1.807, 2.05) is 38.1 Å². The maximum absolute atomic E-state index is 12.2. The van der Waals surface area contributed by atoms with Gasteiger partial charge in [0.25, 0.3) is 5.91 Å². The van der Waals surface area contributed by atoms with Crippen molar-refractivity contribution in [2.24, 2.45) is 10.9 Å². The normalized spacial score (nSPS) is 12.8. The van der Waals surface area contributed by atoms with Crippen LogP contribution < -0.4 is 16.0 Å². The van der Waals surface area contributed by atoms with Crippen LogP contribution in [0.15, 0.2) is 29.3 Å². The Morgan fingerprint density at radius 2 is 1.92 bits per heavy atom. The van der Waals surface area contributed by atoms with Gasteiger partial charge in [0.1, 0.15) is 0 Å². The van der Waals surface area contributed by atoms with Crippen molar-refractivity contribution in [3.8, 4) is 0 Å². The number of nitrogens with one attached hydrogen (secondary N) is 3. The standard InChI is InChI=1S/C19H32N4O/c1-6-15(5)23-18(24)17-10-8-9-16(11-17)13-22-19(20-7-2)21-12-14(3)4/h8-11,14-15H,6-7,12-13H2,1-5H3,(H,23,24)(H2,20,21,22). The molecule has 1 atom stereocenters. The third-order valence-electron chi connectivity index (χ3n) is 3.62. The molecule has 0 heterocycles. The van der Waals surface area contributed by atoms with Crippen LogP contribution in [0.4, 0.5) is 0 Å². The monoisotopic (exact) mass is 332 g/mol. The Hall–Kier alpha value is -2.04. The van der Waals surface area contributed by atoms with Crippen molar-refractivity contribution in [2.45, 2.75) is 53.6 Å². The fourth-order valence-electron chi connectivity index (χ4n) is 2.03. The first-order valence-electron chi connectivity index (χ1n) is 8.88. The first-order valence-corrected chi connectivity index (χ1v) is 8.88. The van der Waals surface area contributed by atoms with Crippen LogP contribution in [0.2, 0.25) is 0 Å². The number of guanidine groups is 1. The number of carbonyl (C=O) groups excluding carboxylic acids is 1. The third-order valence-corrected chi connectivity index (χ3v) is 3.62. The highest BCUT2D eigenvalue weighted by atomic mass is 16.1. The van der Waals surface area contributed by atoms with E-state index in [2.05, 4.69) is 41.7 Å². The molecule has 134 valence electrons. The average molecular weight is 332 g/mol. The Morgan fingerprint density at radius 1 is 1.17 bits per heavy atom. The van der Waals surface area contributed by atoms with Crippen LogP contribution in [-0.2, 0) is 6.54 Å². The van der Waals surface area contributed by atoms with E-state index in [0.29, 0.717) is 18.0 Å². The Bertz CT molecular complexity index is 540. The van der Waals surface area contributed by atoms with Gasteiger partial charge >= 0.3 is 0 Å². The maximum atomic E-state index is 12.2. The molecule has 0 fully saturated rings. The van der Waals surface area contributed by atoms with Gasteiger partial charge in [0.2, 0.25) is 0 Å². The zero-order valence-electron chi connectivity index (χ0n) is 15.6. The van der Waals surface area contributed by atoms with Crippen LogP contribution in [-0.4, -0.2) is 31.0 Å². The zero-order valence-corrected chi connectivity index (χ0v) is 15.6. The summed E-state index contributed by atoms with van der Waals surface area (Å²) in [6, 6.07) is 7.83. The van der Waals surface area contributed by atoms with E-state index in [4.69, 9.17) is 0 Å². The Morgan fingerprint density at radius 3 is 2.54 bits per heavy atom. The van der Waals surface area contributed by atoms with Gasteiger partial charge in [-0.2, -0.15) is 0 Å². The summed E-state index contributed by atoms with van der Waals surface area (Å²) in [6.07, 6.45) is 0.920. The number of aliphatic imine (C=N–C) groups is 1. The molecule has 5 nitrogen and oxygen atoms in total. The van der Waals surface area contributed by atoms with Crippen LogP contribution in [0.3, 0.4) is 0 Å². The second kappa shape index (κ2) is 10.7. The lowest BCUT2D eigenvalue weighted by Crippen LogP contribution is -2.39. The van der Waals surface area contributed by atoms with Crippen molar-refractivity contribution in [1.29, 1.82) is 0 Å². The van der Waals surface area contributed by atoms with Gasteiger partial charge in [-0.1, -0.05) is 32.9 Å². The summed E-state index contributed by atoms with van der Waals surface area (Å²) in [5, 5.41) is 9.55. The molecular formula is C19H32N4O. The average Bonchev–Trinajstić information content (AvgIpc) is 2.57. The van der Waals surface area contributed by atoms with Crippen LogP contribution in [0.1, 0.15) is 57.0 Å². The minimum absolute atomic E-state index is 0.0278. The molecule has 1 aromatic rings. The molecule has 1 unspecified atom stereocenters. The van der Waals surface area contributed by atoms with Crippen molar-refractivity contribution in [3.63, 3.8) is 0 Å². The Balaban J connectivity index is 2.74. The predicted molar refractivity (Wildman–Crippen MR) is 101 cm³/mol. The van der Waals surface area contributed by atoms with Crippen molar-refractivity contribution in [2.75, 3.05) is 13.1 Å². The molecule has 0 bridgehead atoms. The Kier molecular flexibility index (Phi) is 8.90. The quantitative estimate of drug-likeness (QED) is 0.506. The third kappa shape index (κ3) is 7.49. The highest BCUT2D eigenvalue weighted by Gasteiger charge is 2.09. The first kappa shape index (κ1) is 20.0. The molecule has 0 aliphatic carbocycles. The van der Waals surface area contributed by atoms with Crippen molar-refractivity contribution in [1.82, 2.24) is 16.0 Å². The largest absolute Gasteiger partial charge is 0.357 e. The second-order valence-electron chi connectivity index (χ2n) is 6.45. The van der Waals surface area contributed by atoms with Gasteiger partial charge in [-0.3, -0.25) is 4.79 Å². The van der Waals surface area contributed by atoms with E-state index in [1.165, 1.54) is 0 Å². The highest BCUT2D eigenvalue weighted by molar-refractivity contribution is 5.94. The Labute approximate surface area is 146 Å². The maximum Gasteiger partial charge on any atom is 0.251 e. The fraction of sp³-hybridized carbons (Fsp3) is 0.579. The number of amides is 1. The number of rotatable bonds is 8. The van der Waals surface area contributed by atoms with Gasteiger partial charge in [-0.25, -0.2) is 4.99 Å². The predicted octanol–water partition coefficient (Wildman–Crippen LogP) is 2.93. The minimum atomic E-state index is -0.0278. The van der Waals surface area contributed by atoms with Crippen LogP contribution in [0.5, 0.6) is 0 Å². The lowest BCUT2D eigenvalue weighted by molar-refractivity contribution is 0.0939. The fourth-order valence-corrected chi connectivity index (χ4v) is 2.03. The summed E-state index contributed by atoms with van der Waals surface area (Å²) in [5.41, 5.74) is 1.71. The van der Waals surface area contributed by atoms with E-state index in [1.54, 1.807) is 0 Å². The van der Waals surface area contributed by atoms with E-state index in [-0.39, 0.29) is 11.9 Å². The number of hydrogen-bond acceptors (Lipinski definition) is 2. The summed E-state index contributed by atoms with van der Waals surface area (Å²) >= 11 is 0. The highest BCUT2D eigenvalue weighted by Crippen LogP contribution is 2.07. The summed E-state index contributed by atoms with van der Waals surface area (Å²) in [6.45, 7) is 12.7. The molecular weight excluding hydrogens is 300 g/mol. The first-order chi connectivity index (χ1) is 11.5. The van der Waals surface area contributed by atoms with Gasteiger partial charge in [0, 0.05) is 24.7 Å². The smallest absolute Gasteiger partial charge is 0.251 e. The second-order valence-corrected chi connectivity index (χ2v) is 6.45. The van der Waals surface area contributed by atoms with Crippen LogP contribution in [0.25, 0.3) is 0 Å². The van der Waals surface area contributed by atoms with E-state index in [9.17, 15) is 4.79 Å². The lowest BCUT2D eigenvalue weighted by atomic mass is 10.1. The number of carbonyl (C=O) groups is 1. The molecule has 0 aliphatic heterocycles. The number of nitrogens with zero attached hydrogens (tertiary/aromatic N) is 1. The molecule has 0 aliphatic rings. The lowest BCUT2D eigenvalue weighted by Gasteiger charge is -2.13. The molecule has 0 saturated heterocycles. The topological polar surface area (TPSA) is 65.5 Å². The summed E-state index contributed by atoms with van der Waals surface area (Å²) < 4.78 is 0. The molecule has 1 rings (SSSR count).